The van der Waals surface area contributed by atoms with Gasteiger partial charge in [0.1, 0.15) is 17.7 Å². The van der Waals surface area contributed by atoms with E-state index >= 15 is 0 Å². The summed E-state index contributed by atoms with van der Waals surface area (Å²) in [5.41, 5.74) is 1.73. The second-order valence-electron chi connectivity index (χ2n) is 5.67. The van der Waals surface area contributed by atoms with Gasteiger partial charge in [-0.2, -0.15) is 10.5 Å². The molecule has 1 aromatic rings. The minimum Gasteiger partial charge on any atom is -0.360 e. The van der Waals surface area contributed by atoms with Crippen LogP contribution in [0.1, 0.15) is 25.7 Å². The Hall–Kier alpha value is -2.34. The lowest BCUT2D eigenvalue weighted by Crippen LogP contribution is -2.33. The molecule has 0 amide bonds. The van der Waals surface area contributed by atoms with Gasteiger partial charge in [-0.15, -0.1) is 0 Å². The van der Waals surface area contributed by atoms with Gasteiger partial charge in [-0.3, -0.25) is 0 Å². The number of nitriles is 2. The highest BCUT2D eigenvalue weighted by Crippen LogP contribution is 2.31. The van der Waals surface area contributed by atoms with Crippen LogP contribution >= 0.6 is 0 Å². The molecule has 1 aliphatic heterocycles. The number of allylic oxidation sites excluding steroid dienone is 1. The number of rotatable bonds is 3. The van der Waals surface area contributed by atoms with Crippen LogP contribution in [0.2, 0.25) is 0 Å². The Labute approximate surface area is 124 Å². The molecular formula is C16H17N3O2. The van der Waals surface area contributed by atoms with Gasteiger partial charge < -0.3 is 14.8 Å². The fourth-order valence-corrected chi connectivity index (χ4v) is 1.90. The highest BCUT2D eigenvalue weighted by Gasteiger charge is 2.29. The molecular weight excluding hydrogens is 266 g/mol. The van der Waals surface area contributed by atoms with Crippen LogP contribution in [-0.2, 0) is 9.47 Å². The van der Waals surface area contributed by atoms with Crippen molar-refractivity contribution >= 4 is 5.69 Å². The van der Waals surface area contributed by atoms with Crippen LogP contribution in [0.15, 0.2) is 36.0 Å². The number of benzene rings is 1. The molecule has 0 unspecified atom stereocenters. The maximum Gasteiger partial charge on any atom is 0.183 e. The van der Waals surface area contributed by atoms with Crippen molar-refractivity contribution in [2.75, 3.05) is 18.5 Å². The van der Waals surface area contributed by atoms with E-state index in [9.17, 15) is 0 Å². The highest BCUT2D eigenvalue weighted by atomic mass is 16.7. The SMILES string of the molecule is CC1(C)COC(c2cccc(NC=C(C#N)C#N)c2)OC1. The maximum atomic E-state index is 8.69. The number of hydrogen-bond acceptors (Lipinski definition) is 5. The monoisotopic (exact) mass is 283 g/mol. The molecule has 0 radical (unpaired) electrons. The Morgan fingerprint density at radius 1 is 1.29 bits per heavy atom. The average Bonchev–Trinajstić information content (AvgIpc) is 2.48. The first-order valence-corrected chi connectivity index (χ1v) is 6.64. The molecule has 1 aliphatic rings. The first kappa shape index (κ1) is 15.1. The fourth-order valence-electron chi connectivity index (χ4n) is 1.90. The van der Waals surface area contributed by atoms with E-state index in [1.165, 1.54) is 6.20 Å². The first-order valence-electron chi connectivity index (χ1n) is 6.64. The van der Waals surface area contributed by atoms with E-state index in [1.54, 1.807) is 12.1 Å². The summed E-state index contributed by atoms with van der Waals surface area (Å²) >= 11 is 0. The summed E-state index contributed by atoms with van der Waals surface area (Å²) in [6, 6.07) is 11.1. The third-order valence-corrected chi connectivity index (χ3v) is 3.03. The molecule has 1 heterocycles. The van der Waals surface area contributed by atoms with Crippen molar-refractivity contribution in [3.05, 3.63) is 41.6 Å². The molecule has 1 aromatic carbocycles. The molecule has 0 aromatic heterocycles. The number of ether oxygens (including phenoxy) is 2. The predicted octanol–water partition coefficient (Wildman–Crippen LogP) is 3.10. The van der Waals surface area contributed by atoms with E-state index in [-0.39, 0.29) is 17.3 Å². The molecule has 2 rings (SSSR count). The lowest BCUT2D eigenvalue weighted by molar-refractivity contribution is -0.226. The fraction of sp³-hybridized carbons (Fsp3) is 0.375. The van der Waals surface area contributed by atoms with Crippen LogP contribution in [0.3, 0.4) is 0 Å². The van der Waals surface area contributed by atoms with Crippen LogP contribution in [0.25, 0.3) is 0 Å². The van der Waals surface area contributed by atoms with E-state index in [1.807, 2.05) is 24.3 Å². The summed E-state index contributed by atoms with van der Waals surface area (Å²) < 4.78 is 11.5. The Kier molecular flexibility index (Phi) is 4.59. The van der Waals surface area contributed by atoms with Crippen molar-refractivity contribution in [3.63, 3.8) is 0 Å². The second kappa shape index (κ2) is 6.41. The lowest BCUT2D eigenvalue weighted by atomic mass is 9.95. The standard InChI is InChI=1S/C16H17N3O2/c1-16(2)10-20-15(21-11-16)13-4-3-5-14(6-13)19-9-12(7-17)8-18/h3-6,9,15,19H,10-11H2,1-2H3. The lowest BCUT2D eigenvalue weighted by Gasteiger charge is -2.34. The van der Waals surface area contributed by atoms with Crippen LogP contribution in [0.5, 0.6) is 0 Å². The summed E-state index contributed by atoms with van der Waals surface area (Å²) in [5, 5.41) is 20.3. The molecule has 1 saturated heterocycles. The van der Waals surface area contributed by atoms with Gasteiger partial charge in [0.25, 0.3) is 0 Å². The summed E-state index contributed by atoms with van der Waals surface area (Å²) in [4.78, 5) is 0. The maximum absolute atomic E-state index is 8.69. The Bertz CT molecular complexity index is 597. The average molecular weight is 283 g/mol. The molecule has 108 valence electrons. The summed E-state index contributed by atoms with van der Waals surface area (Å²) in [6.45, 7) is 5.47. The third kappa shape index (κ3) is 4.06. The third-order valence-electron chi connectivity index (χ3n) is 3.03. The molecule has 21 heavy (non-hydrogen) atoms. The van der Waals surface area contributed by atoms with Gasteiger partial charge >= 0.3 is 0 Å². The van der Waals surface area contributed by atoms with Crippen LogP contribution in [0, 0.1) is 28.1 Å². The molecule has 5 heteroatoms. The van der Waals surface area contributed by atoms with Crippen LogP contribution in [0.4, 0.5) is 5.69 Å². The van der Waals surface area contributed by atoms with Gasteiger partial charge in [-0.1, -0.05) is 26.0 Å². The van der Waals surface area contributed by atoms with E-state index < -0.39 is 0 Å². The Morgan fingerprint density at radius 3 is 2.57 bits per heavy atom. The van der Waals surface area contributed by atoms with Gasteiger partial charge in [0.2, 0.25) is 0 Å². The number of hydrogen-bond donors (Lipinski definition) is 1. The molecule has 0 bridgehead atoms. The van der Waals surface area contributed by atoms with Crippen molar-refractivity contribution in [1.29, 1.82) is 10.5 Å². The molecule has 1 fully saturated rings. The van der Waals surface area contributed by atoms with Crippen molar-refractivity contribution in [1.82, 2.24) is 0 Å². The zero-order valence-corrected chi connectivity index (χ0v) is 12.1. The quantitative estimate of drug-likeness (QED) is 0.862. The summed E-state index contributed by atoms with van der Waals surface area (Å²) in [6.07, 6.45) is 1.00. The largest absolute Gasteiger partial charge is 0.360 e. The predicted molar refractivity (Wildman–Crippen MR) is 77.8 cm³/mol. The molecule has 0 atom stereocenters. The number of anilines is 1. The minimum absolute atomic E-state index is 0.0207. The number of nitrogens with zero attached hydrogens (tertiary/aromatic N) is 2. The van der Waals surface area contributed by atoms with Gasteiger partial charge in [-0.25, -0.2) is 0 Å². The van der Waals surface area contributed by atoms with Crippen molar-refractivity contribution in [2.24, 2.45) is 5.41 Å². The normalized spacial score (nSPS) is 17.3. The summed E-state index contributed by atoms with van der Waals surface area (Å²) in [5.74, 6) is 0. The number of nitrogens with one attached hydrogen (secondary N) is 1. The second-order valence-corrected chi connectivity index (χ2v) is 5.67. The van der Waals surface area contributed by atoms with Crippen molar-refractivity contribution in [2.45, 2.75) is 20.1 Å². The zero-order valence-electron chi connectivity index (χ0n) is 12.1. The highest BCUT2D eigenvalue weighted by molar-refractivity contribution is 5.51. The smallest absolute Gasteiger partial charge is 0.183 e. The van der Waals surface area contributed by atoms with Gasteiger partial charge in [0.15, 0.2) is 6.29 Å². The first-order chi connectivity index (χ1) is 10.0. The Balaban J connectivity index is 2.07. The van der Waals surface area contributed by atoms with Crippen LogP contribution in [-0.4, -0.2) is 13.2 Å². The van der Waals surface area contributed by atoms with E-state index in [0.29, 0.717) is 13.2 Å². The zero-order chi connectivity index (χ0) is 15.3. The van der Waals surface area contributed by atoms with E-state index in [4.69, 9.17) is 20.0 Å². The molecule has 0 aliphatic carbocycles. The minimum atomic E-state index is -0.379. The van der Waals surface area contributed by atoms with Gasteiger partial charge in [0, 0.05) is 22.9 Å². The van der Waals surface area contributed by atoms with Gasteiger partial charge in [-0.05, 0) is 12.1 Å². The molecule has 0 saturated carbocycles. The summed E-state index contributed by atoms with van der Waals surface area (Å²) in [7, 11) is 0. The topological polar surface area (TPSA) is 78.1 Å². The molecule has 0 spiro atoms. The van der Waals surface area contributed by atoms with Gasteiger partial charge in [0.05, 0.1) is 13.2 Å². The molecule has 1 N–H and O–H groups in total. The Morgan fingerprint density at radius 2 is 1.95 bits per heavy atom. The van der Waals surface area contributed by atoms with E-state index in [0.717, 1.165) is 11.3 Å². The van der Waals surface area contributed by atoms with E-state index in [2.05, 4.69) is 19.2 Å². The van der Waals surface area contributed by atoms with Crippen LogP contribution < -0.4 is 5.32 Å². The molecule has 5 nitrogen and oxygen atoms in total. The van der Waals surface area contributed by atoms with Crippen molar-refractivity contribution < 1.29 is 9.47 Å². The van der Waals surface area contributed by atoms with Crippen molar-refractivity contribution in [3.8, 4) is 12.1 Å².